The number of nitrogens with two attached hydrogens (primary N) is 3. The Kier molecular flexibility index (Phi) is 11.1. The van der Waals surface area contributed by atoms with Crippen LogP contribution in [0.25, 0.3) is 0 Å². The van der Waals surface area contributed by atoms with E-state index < -0.39 is 18.0 Å². The van der Waals surface area contributed by atoms with Gasteiger partial charge in [0.25, 0.3) is 0 Å². The van der Waals surface area contributed by atoms with E-state index in [1.54, 1.807) is 7.05 Å². The van der Waals surface area contributed by atoms with Crippen molar-refractivity contribution < 1.29 is 14.4 Å². The second-order valence-corrected chi connectivity index (χ2v) is 9.42. The molecule has 0 heterocycles. The molecule has 0 aliphatic rings. The molecule has 0 unspecified atom stereocenters. The van der Waals surface area contributed by atoms with Crippen LogP contribution in [0.2, 0.25) is 0 Å². The number of urea groups is 1. The van der Waals surface area contributed by atoms with Crippen molar-refractivity contribution in [1.82, 2.24) is 15.5 Å². The molecule has 0 bridgehead atoms. The van der Waals surface area contributed by atoms with Gasteiger partial charge in [-0.1, -0.05) is 84.9 Å². The zero-order valence-corrected chi connectivity index (χ0v) is 22.6. The molecule has 10 heteroatoms. The molecule has 0 fully saturated rings. The first kappa shape index (κ1) is 29.7. The fourth-order valence-electron chi connectivity index (χ4n) is 4.39. The molecule has 210 valence electrons. The van der Waals surface area contributed by atoms with Crippen LogP contribution in [0.15, 0.2) is 89.9 Å². The third-order valence-electron chi connectivity index (χ3n) is 6.52. The molecule has 0 aliphatic carbocycles. The summed E-state index contributed by atoms with van der Waals surface area (Å²) in [6.07, 6.45) is 0.884. The SMILES string of the molecule is CN(C(=O)C(c1ccccc1)c1ccccc1)[C@H](CCCN=C(N)N)C(=O)NCc1ccc(CNC(N)=O)cc1. The van der Waals surface area contributed by atoms with Gasteiger partial charge in [-0.15, -0.1) is 0 Å². The van der Waals surface area contributed by atoms with Crippen molar-refractivity contribution in [2.75, 3.05) is 13.6 Å². The third-order valence-corrected chi connectivity index (χ3v) is 6.52. The predicted octanol–water partition coefficient (Wildman–Crippen LogP) is 2.18. The van der Waals surface area contributed by atoms with Gasteiger partial charge >= 0.3 is 6.03 Å². The first-order chi connectivity index (χ1) is 19.3. The molecule has 3 aromatic carbocycles. The maximum Gasteiger partial charge on any atom is 0.312 e. The average molecular weight is 544 g/mol. The molecule has 3 aromatic rings. The Labute approximate surface area is 234 Å². The molecule has 10 nitrogen and oxygen atoms in total. The maximum atomic E-state index is 14.0. The number of amides is 4. The Morgan fingerprint density at radius 2 is 1.27 bits per heavy atom. The highest BCUT2D eigenvalue weighted by molar-refractivity contribution is 5.92. The number of primary amides is 1. The van der Waals surface area contributed by atoms with Crippen LogP contribution in [0.4, 0.5) is 4.79 Å². The van der Waals surface area contributed by atoms with Crippen LogP contribution in [0.1, 0.15) is 41.0 Å². The van der Waals surface area contributed by atoms with Gasteiger partial charge in [0.1, 0.15) is 6.04 Å². The summed E-state index contributed by atoms with van der Waals surface area (Å²) in [5.74, 6) is -1.05. The lowest BCUT2D eigenvalue weighted by Gasteiger charge is -2.31. The number of hydrogen-bond donors (Lipinski definition) is 5. The van der Waals surface area contributed by atoms with Gasteiger partial charge in [-0.3, -0.25) is 14.6 Å². The van der Waals surface area contributed by atoms with Crippen molar-refractivity contribution in [3.63, 3.8) is 0 Å². The van der Waals surface area contributed by atoms with Gasteiger partial charge in [-0.2, -0.15) is 0 Å². The van der Waals surface area contributed by atoms with Crippen molar-refractivity contribution in [1.29, 1.82) is 0 Å². The number of guanidine groups is 1. The summed E-state index contributed by atoms with van der Waals surface area (Å²) in [6, 6.07) is 25.2. The number of carbonyl (C=O) groups is 3. The van der Waals surface area contributed by atoms with Gasteiger partial charge in [0.2, 0.25) is 11.8 Å². The van der Waals surface area contributed by atoms with Crippen LogP contribution in [-0.2, 0) is 22.7 Å². The summed E-state index contributed by atoms with van der Waals surface area (Å²) >= 11 is 0. The number of hydrogen-bond acceptors (Lipinski definition) is 4. The highest BCUT2D eigenvalue weighted by Gasteiger charge is 2.32. The minimum Gasteiger partial charge on any atom is -0.370 e. The van der Waals surface area contributed by atoms with Crippen molar-refractivity contribution >= 4 is 23.8 Å². The quantitative estimate of drug-likeness (QED) is 0.126. The van der Waals surface area contributed by atoms with Crippen molar-refractivity contribution in [3.05, 3.63) is 107 Å². The van der Waals surface area contributed by atoms with Gasteiger partial charge in [0, 0.05) is 26.7 Å². The molecule has 40 heavy (non-hydrogen) atoms. The third kappa shape index (κ3) is 8.87. The smallest absolute Gasteiger partial charge is 0.312 e. The van der Waals surface area contributed by atoms with Gasteiger partial charge < -0.3 is 32.7 Å². The van der Waals surface area contributed by atoms with Crippen molar-refractivity contribution in [3.8, 4) is 0 Å². The number of nitrogens with zero attached hydrogens (tertiary/aromatic N) is 2. The molecule has 0 saturated heterocycles. The second-order valence-electron chi connectivity index (χ2n) is 9.42. The van der Waals surface area contributed by atoms with Gasteiger partial charge in [-0.25, -0.2) is 4.79 Å². The molecule has 3 rings (SSSR count). The van der Waals surface area contributed by atoms with E-state index in [1.165, 1.54) is 4.90 Å². The topological polar surface area (TPSA) is 169 Å². The summed E-state index contributed by atoms with van der Waals surface area (Å²) in [4.78, 5) is 43.9. The normalized spacial score (nSPS) is 11.3. The van der Waals surface area contributed by atoms with Gasteiger partial charge in [-0.05, 0) is 35.1 Å². The number of benzene rings is 3. The Morgan fingerprint density at radius 1 is 0.775 bits per heavy atom. The molecule has 8 N–H and O–H groups in total. The first-order valence-electron chi connectivity index (χ1n) is 13.1. The molecule has 0 saturated carbocycles. The summed E-state index contributed by atoms with van der Waals surface area (Å²) in [5.41, 5.74) is 19.5. The molecular formula is C30H37N7O3. The van der Waals surface area contributed by atoms with E-state index in [1.807, 2.05) is 84.9 Å². The van der Waals surface area contributed by atoms with E-state index in [-0.39, 0.29) is 24.3 Å². The number of aliphatic imine (C=N–C) groups is 1. The van der Waals surface area contributed by atoms with Crippen molar-refractivity contribution in [2.45, 2.75) is 37.9 Å². The van der Waals surface area contributed by atoms with Crippen LogP contribution in [0.3, 0.4) is 0 Å². The zero-order chi connectivity index (χ0) is 28.9. The Balaban J connectivity index is 1.78. The van der Waals surface area contributed by atoms with Crippen molar-refractivity contribution in [2.24, 2.45) is 22.2 Å². The van der Waals surface area contributed by atoms with E-state index in [0.29, 0.717) is 25.9 Å². The van der Waals surface area contributed by atoms with E-state index in [9.17, 15) is 14.4 Å². The Morgan fingerprint density at radius 3 is 1.75 bits per heavy atom. The largest absolute Gasteiger partial charge is 0.370 e. The van der Waals surface area contributed by atoms with Crippen LogP contribution < -0.4 is 27.8 Å². The van der Waals surface area contributed by atoms with Crippen LogP contribution in [0, 0.1) is 0 Å². The lowest BCUT2D eigenvalue weighted by Crippen LogP contribution is -2.49. The Hall–Kier alpha value is -4.86. The molecule has 4 amide bonds. The van der Waals surface area contributed by atoms with Crippen LogP contribution in [-0.4, -0.2) is 48.3 Å². The van der Waals surface area contributed by atoms with Gasteiger partial charge in [0.15, 0.2) is 5.96 Å². The summed E-state index contributed by atoms with van der Waals surface area (Å²) in [6.45, 7) is 0.933. The predicted molar refractivity (Wildman–Crippen MR) is 156 cm³/mol. The maximum absolute atomic E-state index is 14.0. The van der Waals surface area contributed by atoms with E-state index in [2.05, 4.69) is 15.6 Å². The monoisotopic (exact) mass is 543 g/mol. The fraction of sp³-hybridized carbons (Fsp3) is 0.267. The molecular weight excluding hydrogens is 506 g/mol. The number of nitrogens with one attached hydrogen (secondary N) is 2. The van der Waals surface area contributed by atoms with Crippen LogP contribution >= 0.6 is 0 Å². The highest BCUT2D eigenvalue weighted by atomic mass is 16.2. The molecule has 0 radical (unpaired) electrons. The lowest BCUT2D eigenvalue weighted by atomic mass is 9.89. The number of rotatable bonds is 13. The summed E-state index contributed by atoms with van der Waals surface area (Å²) in [7, 11) is 1.66. The van der Waals surface area contributed by atoms with E-state index in [0.717, 1.165) is 22.3 Å². The standard InChI is InChI=1S/C30H37N7O3/c1-37(28(39)26(23-9-4-2-5-10-23)24-11-6-3-7-12-24)25(13-8-18-34-29(31)32)27(38)35-19-21-14-16-22(17-15-21)20-36-30(33)40/h2-7,9-12,14-17,25-26H,8,13,18-20H2,1H3,(H,35,38)(H4,31,32,34)(H3,33,36,40)/t25-/m1/s1. The fourth-order valence-corrected chi connectivity index (χ4v) is 4.39. The first-order valence-corrected chi connectivity index (χ1v) is 13.1. The van der Waals surface area contributed by atoms with Gasteiger partial charge in [0.05, 0.1) is 5.92 Å². The number of carbonyl (C=O) groups excluding carboxylic acids is 3. The second kappa shape index (κ2) is 14.9. The minimum atomic E-state index is -0.740. The van der Waals surface area contributed by atoms with E-state index >= 15 is 0 Å². The molecule has 0 spiro atoms. The zero-order valence-electron chi connectivity index (χ0n) is 22.6. The Bertz CT molecular complexity index is 1240. The minimum absolute atomic E-state index is 0.0203. The molecule has 0 aromatic heterocycles. The molecule has 1 atom stereocenters. The number of likely N-dealkylation sites (N-methyl/N-ethyl adjacent to an activating group) is 1. The summed E-state index contributed by atoms with van der Waals surface area (Å²) in [5, 5.41) is 5.51. The summed E-state index contributed by atoms with van der Waals surface area (Å²) < 4.78 is 0. The highest BCUT2D eigenvalue weighted by Crippen LogP contribution is 2.27. The lowest BCUT2D eigenvalue weighted by molar-refractivity contribution is -0.139. The average Bonchev–Trinajstić information content (AvgIpc) is 2.96. The van der Waals surface area contributed by atoms with E-state index in [4.69, 9.17) is 17.2 Å². The van der Waals surface area contributed by atoms with Crippen LogP contribution in [0.5, 0.6) is 0 Å². The molecule has 0 aliphatic heterocycles.